The highest BCUT2D eigenvalue weighted by Gasteiger charge is 2.34. The summed E-state index contributed by atoms with van der Waals surface area (Å²) in [4.78, 5) is 4.91. The second-order valence-corrected chi connectivity index (χ2v) is 8.87. The van der Waals surface area contributed by atoms with Gasteiger partial charge < -0.3 is 9.47 Å². The Morgan fingerprint density at radius 3 is 2.19 bits per heavy atom. The van der Waals surface area contributed by atoms with Crippen molar-refractivity contribution >= 4 is 0 Å². The summed E-state index contributed by atoms with van der Waals surface area (Å²) in [6, 6.07) is 16.6. The molecular weight excluding hydrogens is 454 g/mol. The molecule has 4 aromatic rings. The molecule has 0 aliphatic rings. The number of nitrogens with one attached hydrogen (secondary N) is 1. The van der Waals surface area contributed by atoms with E-state index in [1.165, 1.54) is 0 Å². The van der Waals surface area contributed by atoms with Gasteiger partial charge in [0.1, 0.15) is 5.82 Å². The molecule has 9 nitrogen and oxygen atoms in total. The van der Waals surface area contributed by atoms with Crippen molar-refractivity contribution in [2.45, 2.75) is 65.7 Å². The summed E-state index contributed by atoms with van der Waals surface area (Å²) in [5, 5.41) is 19.3. The van der Waals surface area contributed by atoms with Crippen molar-refractivity contribution in [1.29, 1.82) is 0 Å². The van der Waals surface area contributed by atoms with Crippen LogP contribution in [0, 0.1) is 0 Å². The predicted molar refractivity (Wildman–Crippen MR) is 138 cm³/mol. The Bertz CT molecular complexity index is 1210. The number of aromatic amines is 1. The number of aryl methyl sites for hydroxylation is 1. The molecule has 190 valence electrons. The molecule has 36 heavy (non-hydrogen) atoms. The maximum atomic E-state index is 6.09. The zero-order valence-electron chi connectivity index (χ0n) is 21.6. The first-order valence-corrected chi connectivity index (χ1v) is 12.7. The van der Waals surface area contributed by atoms with Crippen LogP contribution in [0.25, 0.3) is 22.5 Å². The molecule has 2 heterocycles. The van der Waals surface area contributed by atoms with Gasteiger partial charge in [0.15, 0.2) is 0 Å². The lowest BCUT2D eigenvalue weighted by atomic mass is 9.98. The van der Waals surface area contributed by atoms with E-state index in [1.807, 2.05) is 29.8 Å². The van der Waals surface area contributed by atoms with Crippen LogP contribution in [0.5, 0.6) is 0 Å². The molecule has 0 spiro atoms. The molecule has 2 aromatic heterocycles. The van der Waals surface area contributed by atoms with E-state index in [1.54, 1.807) is 0 Å². The second-order valence-electron chi connectivity index (χ2n) is 8.87. The number of H-pyrrole nitrogens is 1. The Kier molecular flexibility index (Phi) is 8.56. The van der Waals surface area contributed by atoms with E-state index in [0.717, 1.165) is 53.9 Å². The Morgan fingerprint density at radius 1 is 0.889 bits per heavy atom. The van der Waals surface area contributed by atoms with Crippen LogP contribution in [0.1, 0.15) is 64.2 Å². The molecule has 0 unspecified atom stereocenters. The average molecular weight is 490 g/mol. The van der Waals surface area contributed by atoms with Gasteiger partial charge in [-0.3, -0.25) is 0 Å². The van der Waals surface area contributed by atoms with Crippen LogP contribution in [0.15, 0.2) is 48.5 Å². The van der Waals surface area contributed by atoms with E-state index in [-0.39, 0.29) is 0 Å². The molecule has 2 aromatic carbocycles. The van der Waals surface area contributed by atoms with E-state index >= 15 is 0 Å². The van der Waals surface area contributed by atoms with Gasteiger partial charge in [0.25, 0.3) is 0 Å². The number of hydrogen-bond acceptors (Lipinski definition) is 7. The smallest absolute Gasteiger partial charge is 0.229 e. The molecule has 0 aliphatic carbocycles. The monoisotopic (exact) mass is 489 g/mol. The SMILES string of the molecule is CCCOC(C)(OCCC)c1nc(Cc2ccc(-c3ccccc3-c3nn[nH]n3)cc2)n(CCC)n1. The summed E-state index contributed by atoms with van der Waals surface area (Å²) < 4.78 is 14.2. The zero-order chi connectivity index (χ0) is 25.4. The van der Waals surface area contributed by atoms with Crippen LogP contribution in [0.3, 0.4) is 0 Å². The van der Waals surface area contributed by atoms with Crippen molar-refractivity contribution in [3.8, 4) is 22.5 Å². The van der Waals surface area contributed by atoms with E-state index in [2.05, 4.69) is 71.7 Å². The van der Waals surface area contributed by atoms with Gasteiger partial charge in [-0.15, -0.1) is 10.2 Å². The van der Waals surface area contributed by atoms with Gasteiger partial charge in [-0.25, -0.2) is 9.67 Å². The van der Waals surface area contributed by atoms with Crippen LogP contribution >= 0.6 is 0 Å². The molecule has 0 saturated carbocycles. The number of nitrogens with zero attached hydrogens (tertiary/aromatic N) is 6. The van der Waals surface area contributed by atoms with Gasteiger partial charge in [-0.2, -0.15) is 10.3 Å². The topological polar surface area (TPSA) is 104 Å². The minimum absolute atomic E-state index is 0.577. The van der Waals surface area contributed by atoms with Crippen molar-refractivity contribution in [3.05, 3.63) is 65.7 Å². The number of benzene rings is 2. The van der Waals surface area contributed by atoms with Crippen molar-refractivity contribution in [2.75, 3.05) is 13.2 Å². The minimum Gasteiger partial charge on any atom is -0.344 e. The van der Waals surface area contributed by atoms with Crippen molar-refractivity contribution in [2.24, 2.45) is 0 Å². The van der Waals surface area contributed by atoms with Crippen LogP contribution in [-0.2, 0) is 28.2 Å². The molecule has 0 bridgehead atoms. The zero-order valence-corrected chi connectivity index (χ0v) is 21.6. The molecule has 1 N–H and O–H groups in total. The second kappa shape index (κ2) is 12.0. The average Bonchev–Trinajstić information content (AvgIpc) is 3.58. The summed E-state index contributed by atoms with van der Waals surface area (Å²) >= 11 is 0. The van der Waals surface area contributed by atoms with E-state index in [0.29, 0.717) is 31.3 Å². The predicted octanol–water partition coefficient (Wildman–Crippen LogP) is 5.15. The first-order valence-electron chi connectivity index (χ1n) is 12.7. The highest BCUT2D eigenvalue weighted by molar-refractivity contribution is 5.80. The molecular formula is C27H35N7O2. The Balaban J connectivity index is 1.59. The maximum Gasteiger partial charge on any atom is 0.229 e. The van der Waals surface area contributed by atoms with Crippen LogP contribution in [0.4, 0.5) is 0 Å². The van der Waals surface area contributed by atoms with Crippen molar-refractivity contribution in [3.63, 3.8) is 0 Å². The minimum atomic E-state index is -0.956. The molecule has 0 fully saturated rings. The summed E-state index contributed by atoms with van der Waals surface area (Å²) in [6.45, 7) is 10.2. The normalized spacial score (nSPS) is 11.8. The van der Waals surface area contributed by atoms with Gasteiger partial charge in [0, 0.05) is 18.5 Å². The number of tetrazole rings is 1. The standard InChI is InChI=1S/C27H35N7O2/c1-5-16-34-24(28-26(31-34)27(4,35-17-6-2)36-18-7-3)19-20-12-14-21(15-13-20)22-10-8-9-11-23(22)25-29-32-33-30-25/h8-15H,5-7,16-19H2,1-4H3,(H,29,30,32,33). The number of rotatable bonds is 13. The number of aromatic nitrogens is 7. The molecule has 4 rings (SSSR count). The largest absolute Gasteiger partial charge is 0.344 e. The Hall–Kier alpha value is -3.43. The lowest BCUT2D eigenvalue weighted by molar-refractivity contribution is -0.239. The fraction of sp³-hybridized carbons (Fsp3) is 0.444. The van der Waals surface area contributed by atoms with Crippen molar-refractivity contribution < 1.29 is 9.47 Å². The number of hydrogen-bond donors (Lipinski definition) is 1. The van der Waals surface area contributed by atoms with Crippen molar-refractivity contribution in [1.82, 2.24) is 35.4 Å². The summed E-state index contributed by atoms with van der Waals surface area (Å²) in [5.74, 6) is 1.10. The highest BCUT2D eigenvalue weighted by Crippen LogP contribution is 2.30. The fourth-order valence-corrected chi connectivity index (χ4v) is 4.04. The van der Waals surface area contributed by atoms with Crippen LogP contribution in [-0.4, -0.2) is 48.6 Å². The lowest BCUT2D eigenvalue weighted by Gasteiger charge is -2.27. The van der Waals surface area contributed by atoms with Gasteiger partial charge in [0.2, 0.25) is 17.4 Å². The van der Waals surface area contributed by atoms with Gasteiger partial charge >= 0.3 is 0 Å². The third-order valence-corrected chi connectivity index (χ3v) is 5.89. The fourth-order valence-electron chi connectivity index (χ4n) is 4.04. The molecule has 0 atom stereocenters. The van der Waals surface area contributed by atoms with Gasteiger partial charge in [-0.05, 0) is 48.1 Å². The van der Waals surface area contributed by atoms with Crippen LogP contribution in [0.2, 0.25) is 0 Å². The molecule has 0 radical (unpaired) electrons. The van der Waals surface area contributed by atoms with E-state index in [4.69, 9.17) is 19.6 Å². The quantitative estimate of drug-likeness (QED) is 0.259. The van der Waals surface area contributed by atoms with Gasteiger partial charge in [0.05, 0.1) is 13.2 Å². The molecule has 0 saturated heterocycles. The highest BCUT2D eigenvalue weighted by atomic mass is 16.7. The summed E-state index contributed by atoms with van der Waals surface area (Å²) in [6.07, 6.45) is 3.42. The van der Waals surface area contributed by atoms with Gasteiger partial charge in [-0.1, -0.05) is 69.3 Å². The molecule has 0 aliphatic heterocycles. The summed E-state index contributed by atoms with van der Waals surface area (Å²) in [7, 11) is 0. The third-order valence-electron chi connectivity index (χ3n) is 5.89. The maximum absolute atomic E-state index is 6.09. The summed E-state index contributed by atoms with van der Waals surface area (Å²) in [5.41, 5.74) is 4.23. The first-order chi connectivity index (χ1) is 17.6. The number of ether oxygens (including phenoxy) is 2. The van der Waals surface area contributed by atoms with Crippen LogP contribution < -0.4 is 0 Å². The first kappa shape index (κ1) is 25.7. The Labute approximate surface area is 212 Å². The third kappa shape index (κ3) is 5.85. The lowest BCUT2D eigenvalue weighted by Crippen LogP contribution is -2.32. The molecule has 9 heteroatoms. The van der Waals surface area contributed by atoms with E-state index < -0.39 is 5.79 Å². The Morgan fingerprint density at radius 2 is 1.58 bits per heavy atom. The van der Waals surface area contributed by atoms with E-state index in [9.17, 15) is 0 Å². The molecule has 0 amide bonds.